The zero-order chi connectivity index (χ0) is 17.0. The molecular weight excluding hydrogens is 310 g/mol. The molecule has 0 unspecified atom stereocenters. The fourth-order valence-electron chi connectivity index (χ4n) is 1.53. The fourth-order valence-corrected chi connectivity index (χ4v) is 1.53. The van der Waals surface area contributed by atoms with E-state index in [9.17, 15) is 32.3 Å². The number of esters is 1. The lowest BCUT2D eigenvalue weighted by molar-refractivity contribution is -0.262. The van der Waals surface area contributed by atoms with Crippen molar-refractivity contribution in [2.75, 3.05) is 11.9 Å². The lowest BCUT2D eigenvalue weighted by atomic mass is 9.98. The molecule has 0 bridgehead atoms. The summed E-state index contributed by atoms with van der Waals surface area (Å²) in [6.45, 7) is 0.834. The third-order valence-electron chi connectivity index (χ3n) is 2.65. The van der Waals surface area contributed by atoms with E-state index in [2.05, 4.69) is 4.74 Å². The molecule has 0 spiro atoms. The summed E-state index contributed by atoms with van der Waals surface area (Å²) in [5.74, 6) is -4.26. The van der Waals surface area contributed by atoms with Crippen molar-refractivity contribution in [2.45, 2.75) is 25.1 Å². The number of para-hydroxylation sites is 1. The van der Waals surface area contributed by atoms with Crippen LogP contribution in [-0.4, -0.2) is 35.4 Å². The van der Waals surface area contributed by atoms with Gasteiger partial charge in [0.2, 0.25) is 5.91 Å². The number of hydrogen-bond acceptors (Lipinski definition) is 4. The number of rotatable bonds is 5. The van der Waals surface area contributed by atoms with Gasteiger partial charge in [-0.2, -0.15) is 13.2 Å². The van der Waals surface area contributed by atoms with Crippen molar-refractivity contribution in [3.8, 4) is 0 Å². The highest BCUT2D eigenvalue weighted by molar-refractivity contribution is 5.96. The Morgan fingerprint density at radius 3 is 2.36 bits per heavy atom. The van der Waals surface area contributed by atoms with Gasteiger partial charge in [0.25, 0.3) is 5.60 Å². The van der Waals surface area contributed by atoms with Gasteiger partial charge in [-0.05, 0) is 19.1 Å². The first-order valence-electron chi connectivity index (χ1n) is 6.12. The summed E-state index contributed by atoms with van der Waals surface area (Å²) in [6.07, 6.45) is -7.07. The summed E-state index contributed by atoms with van der Waals surface area (Å²) in [4.78, 5) is 22.9. The van der Waals surface area contributed by atoms with E-state index >= 15 is 0 Å². The maximum Gasteiger partial charge on any atom is 0.428 e. The second-order valence-electron chi connectivity index (χ2n) is 4.28. The minimum Gasteiger partial charge on any atom is -0.464 e. The van der Waals surface area contributed by atoms with Crippen LogP contribution >= 0.6 is 0 Å². The molecule has 0 aliphatic carbocycles. The molecule has 0 fully saturated rings. The van der Waals surface area contributed by atoms with Gasteiger partial charge in [0, 0.05) is 0 Å². The van der Waals surface area contributed by atoms with Gasteiger partial charge in [-0.3, -0.25) is 4.79 Å². The van der Waals surface area contributed by atoms with Crippen LogP contribution in [0.25, 0.3) is 0 Å². The molecule has 0 saturated heterocycles. The van der Waals surface area contributed by atoms with E-state index in [1.807, 2.05) is 5.32 Å². The van der Waals surface area contributed by atoms with Crippen molar-refractivity contribution in [1.29, 1.82) is 0 Å². The fraction of sp³-hybridized carbons (Fsp3) is 0.385. The number of carbonyl (C=O) groups is 2. The quantitative estimate of drug-likeness (QED) is 0.642. The standard InChI is InChI=1S/C13H13F4NO4/c1-2-22-11(20)12(21,13(15,16)17)7-10(19)18-9-6-4-3-5-8(9)14/h3-6,21H,2,7H2,1H3,(H,18,19)/t12-/m1/s1. The molecule has 2 N–H and O–H groups in total. The molecular formula is C13H13F4NO4. The highest BCUT2D eigenvalue weighted by Crippen LogP contribution is 2.34. The van der Waals surface area contributed by atoms with Crippen LogP contribution in [0.2, 0.25) is 0 Å². The van der Waals surface area contributed by atoms with Crippen molar-refractivity contribution < 1.29 is 37.0 Å². The number of nitrogens with one attached hydrogen (secondary N) is 1. The summed E-state index contributed by atoms with van der Waals surface area (Å²) in [7, 11) is 0. The molecule has 1 aromatic carbocycles. The topological polar surface area (TPSA) is 75.6 Å². The van der Waals surface area contributed by atoms with Crippen LogP contribution in [0.3, 0.4) is 0 Å². The van der Waals surface area contributed by atoms with E-state index in [4.69, 9.17) is 0 Å². The molecule has 5 nitrogen and oxygen atoms in total. The molecule has 0 saturated carbocycles. The first-order valence-corrected chi connectivity index (χ1v) is 6.12. The van der Waals surface area contributed by atoms with E-state index in [1.54, 1.807) is 0 Å². The number of benzene rings is 1. The number of aliphatic hydroxyl groups is 1. The van der Waals surface area contributed by atoms with Gasteiger partial charge in [0.15, 0.2) is 0 Å². The second kappa shape index (κ2) is 6.73. The van der Waals surface area contributed by atoms with Crippen molar-refractivity contribution in [2.24, 2.45) is 0 Å². The van der Waals surface area contributed by atoms with Gasteiger partial charge in [-0.15, -0.1) is 0 Å². The lowest BCUT2D eigenvalue weighted by Gasteiger charge is -2.27. The zero-order valence-electron chi connectivity index (χ0n) is 11.4. The third-order valence-corrected chi connectivity index (χ3v) is 2.65. The first kappa shape index (κ1) is 17.9. The highest BCUT2D eigenvalue weighted by atomic mass is 19.4. The largest absolute Gasteiger partial charge is 0.464 e. The molecule has 1 atom stereocenters. The minimum absolute atomic E-state index is 0.374. The van der Waals surface area contributed by atoms with Crippen LogP contribution in [0.1, 0.15) is 13.3 Å². The van der Waals surface area contributed by atoms with E-state index < -0.39 is 42.5 Å². The van der Waals surface area contributed by atoms with Crippen molar-refractivity contribution >= 4 is 17.6 Å². The molecule has 22 heavy (non-hydrogen) atoms. The maximum atomic E-state index is 13.3. The minimum atomic E-state index is -5.42. The number of alkyl halides is 3. The zero-order valence-corrected chi connectivity index (χ0v) is 11.4. The Bertz CT molecular complexity index is 561. The Morgan fingerprint density at radius 1 is 1.27 bits per heavy atom. The van der Waals surface area contributed by atoms with Gasteiger partial charge in [-0.25, -0.2) is 9.18 Å². The first-order chi connectivity index (χ1) is 10.1. The predicted molar refractivity (Wildman–Crippen MR) is 67.3 cm³/mol. The number of carbonyl (C=O) groups excluding carboxylic acids is 2. The Labute approximate surface area is 122 Å². The Kier molecular flexibility index (Phi) is 5.48. The van der Waals surface area contributed by atoms with Crippen LogP contribution in [0.4, 0.5) is 23.2 Å². The maximum absolute atomic E-state index is 13.3. The number of hydrogen-bond donors (Lipinski definition) is 2. The monoisotopic (exact) mass is 323 g/mol. The molecule has 1 aromatic rings. The van der Waals surface area contributed by atoms with Crippen LogP contribution in [-0.2, 0) is 14.3 Å². The number of amides is 1. The van der Waals surface area contributed by atoms with Gasteiger partial charge in [0.05, 0.1) is 18.7 Å². The molecule has 122 valence electrons. The van der Waals surface area contributed by atoms with Crippen LogP contribution in [0.15, 0.2) is 24.3 Å². The summed E-state index contributed by atoms with van der Waals surface area (Å²) < 4.78 is 56.0. The molecule has 0 radical (unpaired) electrons. The molecule has 0 heterocycles. The third kappa shape index (κ3) is 3.94. The summed E-state index contributed by atoms with van der Waals surface area (Å²) in [6, 6.07) is 4.76. The number of ether oxygens (including phenoxy) is 1. The molecule has 0 aromatic heterocycles. The Hall–Kier alpha value is -2.16. The predicted octanol–water partition coefficient (Wildman–Crippen LogP) is 2.01. The summed E-state index contributed by atoms with van der Waals surface area (Å²) in [5.41, 5.74) is -4.38. The van der Waals surface area contributed by atoms with Gasteiger partial charge in [0.1, 0.15) is 5.82 Å². The molecule has 1 amide bonds. The van der Waals surface area contributed by atoms with Crippen molar-refractivity contribution in [3.63, 3.8) is 0 Å². The molecule has 0 aliphatic heterocycles. The second-order valence-corrected chi connectivity index (χ2v) is 4.28. The van der Waals surface area contributed by atoms with E-state index in [0.29, 0.717) is 0 Å². The Balaban J connectivity index is 2.93. The van der Waals surface area contributed by atoms with E-state index in [0.717, 1.165) is 12.1 Å². The SMILES string of the molecule is CCOC(=O)[C@](O)(CC(=O)Nc1ccccc1F)C(F)(F)F. The molecule has 1 rings (SSSR count). The Morgan fingerprint density at radius 2 is 1.86 bits per heavy atom. The number of anilines is 1. The van der Waals surface area contributed by atoms with Crippen LogP contribution in [0, 0.1) is 5.82 Å². The lowest BCUT2D eigenvalue weighted by Crippen LogP contribution is -2.54. The summed E-state index contributed by atoms with van der Waals surface area (Å²) >= 11 is 0. The van der Waals surface area contributed by atoms with Crippen molar-refractivity contribution in [1.82, 2.24) is 0 Å². The molecule has 0 aliphatic rings. The van der Waals surface area contributed by atoms with E-state index in [-0.39, 0.29) is 5.69 Å². The summed E-state index contributed by atoms with van der Waals surface area (Å²) in [5, 5.41) is 11.4. The van der Waals surface area contributed by atoms with E-state index in [1.165, 1.54) is 19.1 Å². The van der Waals surface area contributed by atoms with Crippen molar-refractivity contribution in [3.05, 3.63) is 30.1 Å². The highest BCUT2D eigenvalue weighted by Gasteiger charge is 2.61. The average molecular weight is 323 g/mol. The van der Waals surface area contributed by atoms with Gasteiger partial charge < -0.3 is 15.2 Å². The molecule has 9 heteroatoms. The number of halogens is 4. The van der Waals surface area contributed by atoms with Crippen LogP contribution < -0.4 is 5.32 Å². The average Bonchev–Trinajstić information content (AvgIpc) is 2.40. The van der Waals surface area contributed by atoms with Crippen LogP contribution in [0.5, 0.6) is 0 Å². The normalized spacial score (nSPS) is 14.1. The smallest absolute Gasteiger partial charge is 0.428 e. The van der Waals surface area contributed by atoms with Gasteiger partial charge in [-0.1, -0.05) is 12.1 Å². The van der Waals surface area contributed by atoms with Gasteiger partial charge >= 0.3 is 12.1 Å².